The Morgan fingerprint density at radius 1 is 0.840 bits per heavy atom. The summed E-state index contributed by atoms with van der Waals surface area (Å²) in [6, 6.07) is 25.0. The molecular formula is C22H23FN2. The molecule has 0 spiro atoms. The zero-order valence-electron chi connectivity index (χ0n) is 14.3. The van der Waals surface area contributed by atoms with Crippen molar-refractivity contribution in [2.24, 2.45) is 0 Å². The maximum Gasteiger partial charge on any atom is 0.123 e. The minimum absolute atomic E-state index is 0.0609. The summed E-state index contributed by atoms with van der Waals surface area (Å²) in [5, 5.41) is 3.72. The van der Waals surface area contributed by atoms with E-state index in [2.05, 4.69) is 30.4 Å². The summed E-state index contributed by atoms with van der Waals surface area (Å²) in [6.07, 6.45) is 0.948. The zero-order valence-corrected chi connectivity index (χ0v) is 14.3. The molecule has 0 aliphatic heterocycles. The van der Waals surface area contributed by atoms with E-state index in [-0.39, 0.29) is 17.9 Å². The van der Waals surface area contributed by atoms with Crippen molar-refractivity contribution < 1.29 is 4.39 Å². The first kappa shape index (κ1) is 17.2. The number of hydrogen-bond donors (Lipinski definition) is 2. The predicted molar refractivity (Wildman–Crippen MR) is 102 cm³/mol. The van der Waals surface area contributed by atoms with E-state index in [9.17, 15) is 4.39 Å². The average molecular weight is 334 g/mol. The first-order chi connectivity index (χ1) is 12.2. The second-order valence-corrected chi connectivity index (χ2v) is 6.19. The number of anilines is 1. The number of hydrogen-bond acceptors (Lipinski definition) is 2. The second kappa shape index (κ2) is 7.95. The van der Waals surface area contributed by atoms with Crippen LogP contribution in [0.15, 0.2) is 78.9 Å². The fourth-order valence-electron chi connectivity index (χ4n) is 3.12. The highest BCUT2D eigenvalue weighted by Gasteiger charge is 2.19. The molecule has 0 saturated heterocycles. The lowest BCUT2D eigenvalue weighted by molar-refractivity contribution is 0.473. The molecule has 0 bridgehead atoms. The van der Waals surface area contributed by atoms with Gasteiger partial charge in [-0.1, -0.05) is 61.5 Å². The van der Waals surface area contributed by atoms with Crippen molar-refractivity contribution in [3.63, 3.8) is 0 Å². The summed E-state index contributed by atoms with van der Waals surface area (Å²) in [4.78, 5) is 0. The van der Waals surface area contributed by atoms with Gasteiger partial charge >= 0.3 is 0 Å². The summed E-state index contributed by atoms with van der Waals surface area (Å²) in [5.74, 6) is -0.231. The lowest BCUT2D eigenvalue weighted by Gasteiger charge is -2.26. The fourth-order valence-corrected chi connectivity index (χ4v) is 3.12. The molecule has 0 aliphatic rings. The van der Waals surface area contributed by atoms with Crippen LogP contribution in [0.4, 0.5) is 10.1 Å². The Morgan fingerprint density at radius 3 is 2.16 bits per heavy atom. The van der Waals surface area contributed by atoms with E-state index in [1.165, 1.54) is 17.7 Å². The van der Waals surface area contributed by atoms with Crippen molar-refractivity contribution in [2.45, 2.75) is 25.4 Å². The van der Waals surface area contributed by atoms with Crippen LogP contribution in [0.3, 0.4) is 0 Å². The van der Waals surface area contributed by atoms with Crippen LogP contribution in [0.25, 0.3) is 0 Å². The zero-order chi connectivity index (χ0) is 17.6. The maximum atomic E-state index is 13.4. The lowest BCUT2D eigenvalue weighted by atomic mass is 9.95. The van der Waals surface area contributed by atoms with Crippen molar-refractivity contribution in [2.75, 3.05) is 5.73 Å². The molecule has 0 aromatic heterocycles. The van der Waals surface area contributed by atoms with Gasteiger partial charge in [0, 0.05) is 11.7 Å². The van der Waals surface area contributed by atoms with Gasteiger partial charge in [0.05, 0.1) is 6.04 Å². The Hall–Kier alpha value is -2.65. The standard InChI is InChI=1S/C22H23FN2/c1-2-21(16-7-4-3-5-8-16)25-22(17-11-13-19(23)14-12-17)18-9-6-10-20(24)15-18/h3-15,21-22,25H,2,24H2,1H3/t21-,22?/m1/s1. The minimum atomic E-state index is -0.231. The van der Waals surface area contributed by atoms with E-state index in [1.807, 2.05) is 48.5 Å². The molecule has 0 radical (unpaired) electrons. The summed E-state index contributed by atoms with van der Waals surface area (Å²) in [6.45, 7) is 2.16. The van der Waals surface area contributed by atoms with Crippen LogP contribution in [-0.4, -0.2) is 0 Å². The monoisotopic (exact) mass is 334 g/mol. The molecule has 0 saturated carbocycles. The van der Waals surface area contributed by atoms with Gasteiger partial charge in [0.25, 0.3) is 0 Å². The van der Waals surface area contributed by atoms with Gasteiger partial charge in [-0.2, -0.15) is 0 Å². The van der Waals surface area contributed by atoms with Gasteiger partial charge in [0.2, 0.25) is 0 Å². The first-order valence-electron chi connectivity index (χ1n) is 8.59. The fraction of sp³-hybridized carbons (Fsp3) is 0.182. The summed E-state index contributed by atoms with van der Waals surface area (Å²) in [5.41, 5.74) is 10.0. The molecule has 1 unspecified atom stereocenters. The average Bonchev–Trinajstić information content (AvgIpc) is 2.64. The molecule has 128 valence electrons. The van der Waals surface area contributed by atoms with E-state index < -0.39 is 0 Å². The van der Waals surface area contributed by atoms with Gasteiger partial charge < -0.3 is 5.73 Å². The number of rotatable bonds is 6. The molecule has 3 rings (SSSR count). The molecule has 0 heterocycles. The van der Waals surface area contributed by atoms with Crippen LogP contribution in [-0.2, 0) is 0 Å². The van der Waals surface area contributed by atoms with E-state index in [0.717, 1.165) is 23.2 Å². The van der Waals surface area contributed by atoms with E-state index in [4.69, 9.17) is 5.73 Å². The Kier molecular flexibility index (Phi) is 5.46. The number of halogens is 1. The third kappa shape index (κ3) is 4.25. The smallest absolute Gasteiger partial charge is 0.123 e. The quantitative estimate of drug-likeness (QED) is 0.605. The molecular weight excluding hydrogens is 311 g/mol. The van der Waals surface area contributed by atoms with Gasteiger partial charge in [0.1, 0.15) is 5.82 Å². The highest BCUT2D eigenvalue weighted by atomic mass is 19.1. The topological polar surface area (TPSA) is 38.0 Å². The van der Waals surface area contributed by atoms with Crippen molar-refractivity contribution in [3.8, 4) is 0 Å². The molecule has 3 heteroatoms. The Bertz CT molecular complexity index is 800. The Labute approximate surface area is 148 Å². The van der Waals surface area contributed by atoms with Crippen molar-refractivity contribution >= 4 is 5.69 Å². The van der Waals surface area contributed by atoms with Gasteiger partial charge in [-0.05, 0) is 47.4 Å². The minimum Gasteiger partial charge on any atom is -0.399 e. The van der Waals surface area contributed by atoms with Crippen LogP contribution in [0.5, 0.6) is 0 Å². The highest BCUT2D eigenvalue weighted by molar-refractivity contribution is 5.44. The van der Waals surface area contributed by atoms with Crippen molar-refractivity contribution in [1.29, 1.82) is 0 Å². The molecule has 3 N–H and O–H groups in total. The van der Waals surface area contributed by atoms with E-state index in [0.29, 0.717) is 0 Å². The SMILES string of the molecule is CC[C@@H](NC(c1ccc(F)cc1)c1cccc(N)c1)c1ccccc1. The van der Waals surface area contributed by atoms with Crippen molar-refractivity contribution in [3.05, 3.63) is 101 Å². The Morgan fingerprint density at radius 2 is 1.52 bits per heavy atom. The molecule has 0 amide bonds. The first-order valence-corrected chi connectivity index (χ1v) is 8.59. The van der Waals surface area contributed by atoms with Gasteiger partial charge in [-0.15, -0.1) is 0 Å². The normalized spacial score (nSPS) is 13.4. The molecule has 0 fully saturated rings. The predicted octanol–water partition coefficient (Wildman–Crippen LogP) is 5.24. The molecule has 25 heavy (non-hydrogen) atoms. The van der Waals surface area contributed by atoms with Crippen LogP contribution >= 0.6 is 0 Å². The van der Waals surface area contributed by atoms with Gasteiger partial charge in [-0.3, -0.25) is 5.32 Å². The van der Waals surface area contributed by atoms with Crippen LogP contribution < -0.4 is 11.1 Å². The summed E-state index contributed by atoms with van der Waals surface area (Å²) < 4.78 is 13.4. The van der Waals surface area contributed by atoms with Gasteiger partial charge in [0.15, 0.2) is 0 Å². The Balaban J connectivity index is 1.97. The third-order valence-electron chi connectivity index (χ3n) is 4.43. The van der Waals surface area contributed by atoms with Crippen molar-refractivity contribution in [1.82, 2.24) is 5.32 Å². The third-order valence-corrected chi connectivity index (χ3v) is 4.43. The lowest BCUT2D eigenvalue weighted by Crippen LogP contribution is -2.27. The second-order valence-electron chi connectivity index (χ2n) is 6.19. The highest BCUT2D eigenvalue weighted by Crippen LogP contribution is 2.28. The molecule has 3 aromatic carbocycles. The summed E-state index contributed by atoms with van der Waals surface area (Å²) in [7, 11) is 0. The van der Waals surface area contributed by atoms with E-state index in [1.54, 1.807) is 0 Å². The van der Waals surface area contributed by atoms with Crippen LogP contribution in [0, 0.1) is 5.82 Å². The van der Waals surface area contributed by atoms with Gasteiger partial charge in [-0.25, -0.2) is 4.39 Å². The molecule has 2 nitrogen and oxygen atoms in total. The summed E-state index contributed by atoms with van der Waals surface area (Å²) >= 11 is 0. The number of nitrogens with one attached hydrogen (secondary N) is 1. The van der Waals surface area contributed by atoms with Crippen LogP contribution in [0.1, 0.15) is 42.1 Å². The number of nitrogen functional groups attached to an aromatic ring is 1. The van der Waals surface area contributed by atoms with Crippen LogP contribution in [0.2, 0.25) is 0 Å². The molecule has 2 atom stereocenters. The number of nitrogens with two attached hydrogens (primary N) is 1. The molecule has 0 aliphatic carbocycles. The largest absolute Gasteiger partial charge is 0.399 e. The number of benzene rings is 3. The maximum absolute atomic E-state index is 13.4. The van der Waals surface area contributed by atoms with E-state index >= 15 is 0 Å². The molecule has 3 aromatic rings.